The molecule has 0 aromatic rings. The summed E-state index contributed by atoms with van der Waals surface area (Å²) >= 11 is 0. The fourth-order valence-corrected chi connectivity index (χ4v) is 4.81. The van der Waals surface area contributed by atoms with Gasteiger partial charge < -0.3 is 0 Å². The Kier molecular flexibility index (Phi) is 9.83. The molecule has 2 aliphatic rings. The quantitative estimate of drug-likeness (QED) is 0.323. The summed E-state index contributed by atoms with van der Waals surface area (Å²) in [5.74, 6) is 0.933. The van der Waals surface area contributed by atoms with Gasteiger partial charge in [-0.2, -0.15) is 0 Å². The molecule has 0 N–H and O–H groups in total. The molecular formula is C23H41NO. The fraction of sp³-hybridized carbons (Fsp3) is 0.870. The maximum absolute atomic E-state index is 12.5. The Hall–Kier alpha value is -0.630. The second kappa shape index (κ2) is 11.9. The maximum atomic E-state index is 12.5. The number of fused-ring (bicyclic) bond motifs is 1. The Balaban J connectivity index is 1.53. The van der Waals surface area contributed by atoms with Crippen LogP contribution in [0.5, 0.6) is 0 Å². The van der Waals surface area contributed by atoms with Gasteiger partial charge in [0, 0.05) is 24.4 Å². The SMILES string of the molecule is CCCC/C=C\CCCCCCC[C@@H]1CC(=O)[C@H]2CCCC[C@H]2N1C. The third-order valence-corrected chi connectivity index (χ3v) is 6.48. The van der Waals surface area contributed by atoms with Crippen molar-refractivity contribution in [2.45, 2.75) is 115 Å². The lowest BCUT2D eigenvalue weighted by Gasteiger charge is -2.46. The first kappa shape index (κ1) is 20.7. The van der Waals surface area contributed by atoms with Gasteiger partial charge in [0.1, 0.15) is 5.78 Å². The molecule has 1 saturated carbocycles. The van der Waals surface area contributed by atoms with Crippen molar-refractivity contribution >= 4 is 5.78 Å². The van der Waals surface area contributed by atoms with Crippen LogP contribution in [0.1, 0.15) is 103 Å². The second-order valence-corrected chi connectivity index (χ2v) is 8.41. The number of hydrogen-bond donors (Lipinski definition) is 0. The molecule has 2 fully saturated rings. The summed E-state index contributed by atoms with van der Waals surface area (Å²) in [7, 11) is 2.28. The minimum atomic E-state index is 0.361. The molecule has 1 saturated heterocycles. The predicted octanol–water partition coefficient (Wildman–Crippen LogP) is 6.30. The molecule has 0 spiro atoms. The zero-order valence-corrected chi connectivity index (χ0v) is 16.8. The number of carbonyl (C=O) groups is 1. The van der Waals surface area contributed by atoms with Crippen molar-refractivity contribution in [3.63, 3.8) is 0 Å². The molecule has 144 valence electrons. The third-order valence-electron chi connectivity index (χ3n) is 6.48. The molecule has 2 nitrogen and oxygen atoms in total. The Labute approximate surface area is 156 Å². The van der Waals surface area contributed by atoms with Crippen molar-refractivity contribution in [1.29, 1.82) is 0 Å². The van der Waals surface area contributed by atoms with E-state index in [1.54, 1.807) is 0 Å². The van der Waals surface area contributed by atoms with E-state index in [0.717, 1.165) is 12.8 Å². The van der Waals surface area contributed by atoms with Crippen LogP contribution in [0.25, 0.3) is 0 Å². The lowest BCUT2D eigenvalue weighted by molar-refractivity contribution is -0.133. The number of carbonyl (C=O) groups excluding carboxylic acids is 1. The lowest BCUT2D eigenvalue weighted by atomic mass is 9.75. The second-order valence-electron chi connectivity index (χ2n) is 8.41. The lowest BCUT2D eigenvalue weighted by Crippen LogP contribution is -2.53. The highest BCUT2D eigenvalue weighted by Gasteiger charge is 2.40. The molecule has 3 atom stereocenters. The Morgan fingerprint density at radius 2 is 1.64 bits per heavy atom. The van der Waals surface area contributed by atoms with Gasteiger partial charge in [0.2, 0.25) is 0 Å². The van der Waals surface area contributed by atoms with Crippen LogP contribution in [0.2, 0.25) is 0 Å². The normalized spacial score (nSPS) is 27.8. The number of Topliss-reactive ketones (excluding diaryl/α,β-unsaturated/α-hetero) is 1. The largest absolute Gasteiger partial charge is 0.299 e. The molecular weight excluding hydrogens is 306 g/mol. The molecule has 0 aromatic heterocycles. The predicted molar refractivity (Wildman–Crippen MR) is 108 cm³/mol. The van der Waals surface area contributed by atoms with Gasteiger partial charge in [0.15, 0.2) is 0 Å². The Bertz CT molecular complexity index is 403. The van der Waals surface area contributed by atoms with Crippen LogP contribution in [-0.2, 0) is 4.79 Å². The number of unbranched alkanes of at least 4 members (excludes halogenated alkanes) is 7. The molecule has 2 heteroatoms. The smallest absolute Gasteiger partial charge is 0.139 e. The Morgan fingerprint density at radius 1 is 0.960 bits per heavy atom. The fourth-order valence-electron chi connectivity index (χ4n) is 4.81. The van der Waals surface area contributed by atoms with Crippen LogP contribution < -0.4 is 0 Å². The number of allylic oxidation sites excluding steroid dienone is 2. The van der Waals surface area contributed by atoms with Crippen molar-refractivity contribution in [2.75, 3.05) is 7.05 Å². The van der Waals surface area contributed by atoms with Crippen LogP contribution in [0.15, 0.2) is 12.2 Å². The summed E-state index contributed by atoms with van der Waals surface area (Å²) in [5.41, 5.74) is 0. The molecule has 1 aliphatic carbocycles. The number of ketones is 1. The van der Waals surface area contributed by atoms with E-state index in [4.69, 9.17) is 0 Å². The zero-order chi connectivity index (χ0) is 17.9. The highest BCUT2D eigenvalue weighted by atomic mass is 16.1. The van der Waals surface area contributed by atoms with E-state index in [0.29, 0.717) is 23.8 Å². The van der Waals surface area contributed by atoms with Crippen LogP contribution in [-0.4, -0.2) is 29.8 Å². The topological polar surface area (TPSA) is 20.3 Å². The van der Waals surface area contributed by atoms with E-state index in [1.165, 1.54) is 83.5 Å². The van der Waals surface area contributed by atoms with Crippen molar-refractivity contribution in [3.05, 3.63) is 12.2 Å². The molecule has 0 bridgehead atoms. The van der Waals surface area contributed by atoms with Crippen LogP contribution in [0.4, 0.5) is 0 Å². The van der Waals surface area contributed by atoms with E-state index >= 15 is 0 Å². The van der Waals surface area contributed by atoms with Gasteiger partial charge in [-0.3, -0.25) is 9.69 Å². The number of piperidine rings is 1. The average Bonchev–Trinajstić information content (AvgIpc) is 2.63. The first-order valence-electron chi connectivity index (χ1n) is 11.1. The molecule has 25 heavy (non-hydrogen) atoms. The minimum Gasteiger partial charge on any atom is -0.299 e. The standard InChI is InChI=1S/C23H41NO/c1-3-4-5-6-7-8-9-10-11-12-13-16-20-19-23(25)21-17-14-15-18-22(21)24(20)2/h6-7,20-22H,3-5,8-19H2,1-2H3/b7-6-/t20-,21+,22-/m1/s1. The number of rotatable bonds is 11. The van der Waals surface area contributed by atoms with Gasteiger partial charge in [-0.25, -0.2) is 0 Å². The molecule has 0 amide bonds. The van der Waals surface area contributed by atoms with Crippen LogP contribution in [0, 0.1) is 5.92 Å². The first-order valence-corrected chi connectivity index (χ1v) is 11.1. The molecule has 0 radical (unpaired) electrons. The maximum Gasteiger partial charge on any atom is 0.139 e. The molecule has 0 aromatic carbocycles. The molecule has 0 unspecified atom stereocenters. The van der Waals surface area contributed by atoms with Crippen molar-refractivity contribution in [2.24, 2.45) is 5.92 Å². The number of nitrogens with zero attached hydrogens (tertiary/aromatic N) is 1. The summed E-state index contributed by atoms with van der Waals surface area (Å²) in [6.07, 6.45) is 23.6. The van der Waals surface area contributed by atoms with Gasteiger partial charge in [-0.05, 0) is 45.6 Å². The van der Waals surface area contributed by atoms with Gasteiger partial charge >= 0.3 is 0 Å². The van der Waals surface area contributed by atoms with E-state index in [9.17, 15) is 4.79 Å². The van der Waals surface area contributed by atoms with Crippen LogP contribution >= 0.6 is 0 Å². The van der Waals surface area contributed by atoms with E-state index in [-0.39, 0.29) is 0 Å². The summed E-state index contributed by atoms with van der Waals surface area (Å²) in [6.45, 7) is 2.25. The van der Waals surface area contributed by atoms with Crippen molar-refractivity contribution in [1.82, 2.24) is 4.90 Å². The third kappa shape index (κ3) is 6.89. The van der Waals surface area contributed by atoms with Crippen molar-refractivity contribution < 1.29 is 4.79 Å². The average molecular weight is 348 g/mol. The number of hydrogen-bond acceptors (Lipinski definition) is 2. The highest BCUT2D eigenvalue weighted by Crippen LogP contribution is 2.36. The summed E-state index contributed by atoms with van der Waals surface area (Å²) in [5, 5.41) is 0. The van der Waals surface area contributed by atoms with E-state index < -0.39 is 0 Å². The monoisotopic (exact) mass is 347 g/mol. The summed E-state index contributed by atoms with van der Waals surface area (Å²) in [6, 6.07) is 1.08. The van der Waals surface area contributed by atoms with Gasteiger partial charge in [0.25, 0.3) is 0 Å². The van der Waals surface area contributed by atoms with E-state index in [1.807, 2.05) is 0 Å². The van der Waals surface area contributed by atoms with E-state index in [2.05, 4.69) is 31.0 Å². The molecule has 1 heterocycles. The van der Waals surface area contributed by atoms with Gasteiger partial charge in [0.05, 0.1) is 0 Å². The Morgan fingerprint density at radius 3 is 2.44 bits per heavy atom. The zero-order valence-electron chi connectivity index (χ0n) is 16.8. The summed E-state index contributed by atoms with van der Waals surface area (Å²) < 4.78 is 0. The summed E-state index contributed by atoms with van der Waals surface area (Å²) in [4.78, 5) is 15.0. The van der Waals surface area contributed by atoms with Gasteiger partial charge in [-0.1, -0.05) is 70.4 Å². The highest BCUT2D eigenvalue weighted by molar-refractivity contribution is 5.83. The minimum absolute atomic E-state index is 0.361. The first-order chi connectivity index (χ1) is 12.2. The van der Waals surface area contributed by atoms with Gasteiger partial charge in [-0.15, -0.1) is 0 Å². The molecule has 2 rings (SSSR count). The molecule has 1 aliphatic heterocycles. The van der Waals surface area contributed by atoms with Crippen molar-refractivity contribution in [3.8, 4) is 0 Å². The number of likely N-dealkylation sites (tertiary alicyclic amines) is 1. The van der Waals surface area contributed by atoms with Crippen LogP contribution in [0.3, 0.4) is 0 Å².